The Bertz CT molecular complexity index is 606. The van der Waals surface area contributed by atoms with Crippen LogP contribution in [-0.2, 0) is 21.4 Å². The minimum absolute atomic E-state index is 0.110. The van der Waals surface area contributed by atoms with Gasteiger partial charge in [-0.15, -0.1) is 0 Å². The Morgan fingerprint density at radius 1 is 1.00 bits per heavy atom. The summed E-state index contributed by atoms with van der Waals surface area (Å²) in [6, 6.07) is 18.4. The maximum absolute atomic E-state index is 12.2. The summed E-state index contributed by atoms with van der Waals surface area (Å²) in [6.45, 7) is 6.55. The van der Waals surface area contributed by atoms with Crippen LogP contribution in [0.4, 0.5) is 0 Å². The fraction of sp³-hybridized carbons (Fsp3) is 0.350. The summed E-state index contributed by atoms with van der Waals surface area (Å²) in [5, 5.41) is 0. The standard InChI is InChI=1S/C20H24O2/c1-20(2,3)17-12-10-16(11-13-17)18(19(21)22-4)14-15-8-6-5-7-9-15/h5-13,18H,14H2,1-4H3/t18-/m1/s1. The molecule has 116 valence electrons. The molecule has 0 bridgehead atoms. The Kier molecular flexibility index (Phi) is 5.02. The number of ether oxygens (including phenoxy) is 1. The van der Waals surface area contributed by atoms with E-state index in [9.17, 15) is 4.79 Å². The molecule has 2 nitrogen and oxygen atoms in total. The van der Waals surface area contributed by atoms with E-state index in [-0.39, 0.29) is 17.3 Å². The monoisotopic (exact) mass is 296 g/mol. The summed E-state index contributed by atoms with van der Waals surface area (Å²) < 4.78 is 5.00. The molecule has 2 rings (SSSR count). The van der Waals surface area contributed by atoms with Crippen LogP contribution in [0.2, 0.25) is 0 Å². The van der Waals surface area contributed by atoms with Crippen LogP contribution in [0.15, 0.2) is 54.6 Å². The van der Waals surface area contributed by atoms with Crippen molar-refractivity contribution < 1.29 is 9.53 Å². The summed E-state index contributed by atoms with van der Waals surface area (Å²) in [5.74, 6) is -0.450. The SMILES string of the molecule is COC(=O)[C@H](Cc1ccccc1)c1ccc(C(C)(C)C)cc1. The lowest BCUT2D eigenvalue weighted by molar-refractivity contribution is -0.142. The van der Waals surface area contributed by atoms with Crippen LogP contribution in [0.5, 0.6) is 0 Å². The summed E-state index contributed by atoms with van der Waals surface area (Å²) in [5.41, 5.74) is 3.51. The highest BCUT2D eigenvalue weighted by atomic mass is 16.5. The summed E-state index contributed by atoms with van der Waals surface area (Å²) in [6.07, 6.45) is 0.655. The number of hydrogen-bond acceptors (Lipinski definition) is 2. The molecular weight excluding hydrogens is 272 g/mol. The van der Waals surface area contributed by atoms with E-state index in [4.69, 9.17) is 4.74 Å². The average Bonchev–Trinajstić information content (AvgIpc) is 2.52. The zero-order valence-corrected chi connectivity index (χ0v) is 13.8. The third kappa shape index (κ3) is 3.97. The molecule has 2 aromatic carbocycles. The topological polar surface area (TPSA) is 26.3 Å². The Balaban J connectivity index is 2.28. The van der Waals surface area contributed by atoms with Gasteiger partial charge in [0, 0.05) is 0 Å². The van der Waals surface area contributed by atoms with Gasteiger partial charge < -0.3 is 4.74 Å². The van der Waals surface area contributed by atoms with E-state index in [0.717, 1.165) is 11.1 Å². The second kappa shape index (κ2) is 6.78. The zero-order chi connectivity index (χ0) is 16.2. The van der Waals surface area contributed by atoms with Crippen molar-refractivity contribution in [2.75, 3.05) is 7.11 Å². The minimum atomic E-state index is -0.263. The van der Waals surface area contributed by atoms with Gasteiger partial charge in [0.25, 0.3) is 0 Å². The molecule has 2 aromatic rings. The van der Waals surface area contributed by atoms with Crippen LogP contribution < -0.4 is 0 Å². The Morgan fingerprint density at radius 2 is 1.59 bits per heavy atom. The normalized spacial score (nSPS) is 12.7. The highest BCUT2D eigenvalue weighted by Gasteiger charge is 2.22. The van der Waals surface area contributed by atoms with E-state index >= 15 is 0 Å². The van der Waals surface area contributed by atoms with Crippen LogP contribution in [0.1, 0.15) is 43.4 Å². The zero-order valence-electron chi connectivity index (χ0n) is 13.8. The Morgan fingerprint density at radius 3 is 2.09 bits per heavy atom. The van der Waals surface area contributed by atoms with Gasteiger partial charge in [0.2, 0.25) is 0 Å². The molecule has 0 aliphatic rings. The van der Waals surface area contributed by atoms with Crippen LogP contribution in [0.3, 0.4) is 0 Å². The fourth-order valence-corrected chi connectivity index (χ4v) is 2.54. The van der Waals surface area contributed by atoms with Crippen molar-refractivity contribution in [1.29, 1.82) is 0 Å². The quantitative estimate of drug-likeness (QED) is 0.777. The lowest BCUT2D eigenvalue weighted by Gasteiger charge is -2.21. The van der Waals surface area contributed by atoms with Crippen LogP contribution >= 0.6 is 0 Å². The van der Waals surface area contributed by atoms with Gasteiger partial charge in [-0.3, -0.25) is 4.79 Å². The van der Waals surface area contributed by atoms with E-state index in [0.29, 0.717) is 6.42 Å². The van der Waals surface area contributed by atoms with Crippen molar-refractivity contribution in [3.63, 3.8) is 0 Å². The number of carbonyl (C=O) groups excluding carboxylic acids is 1. The second-order valence-electron chi connectivity index (χ2n) is 6.64. The van der Waals surface area contributed by atoms with Gasteiger partial charge in [0.1, 0.15) is 0 Å². The van der Waals surface area contributed by atoms with Crippen LogP contribution in [-0.4, -0.2) is 13.1 Å². The smallest absolute Gasteiger partial charge is 0.313 e. The predicted octanol–water partition coefficient (Wildman–Crippen LogP) is 4.48. The van der Waals surface area contributed by atoms with E-state index in [1.165, 1.54) is 12.7 Å². The highest BCUT2D eigenvalue weighted by Crippen LogP contribution is 2.27. The molecule has 22 heavy (non-hydrogen) atoms. The molecule has 0 amide bonds. The van der Waals surface area contributed by atoms with Gasteiger partial charge in [0.15, 0.2) is 0 Å². The molecular formula is C20H24O2. The lowest BCUT2D eigenvalue weighted by Crippen LogP contribution is -2.17. The number of benzene rings is 2. The first-order valence-corrected chi connectivity index (χ1v) is 7.64. The number of esters is 1. The molecule has 0 spiro atoms. The molecule has 0 unspecified atom stereocenters. The van der Waals surface area contributed by atoms with Gasteiger partial charge in [-0.2, -0.15) is 0 Å². The number of rotatable bonds is 4. The first-order chi connectivity index (χ1) is 10.4. The molecule has 0 saturated carbocycles. The largest absolute Gasteiger partial charge is 0.469 e. The van der Waals surface area contributed by atoms with Crippen LogP contribution in [0.25, 0.3) is 0 Å². The van der Waals surface area contributed by atoms with Crippen molar-refractivity contribution in [3.8, 4) is 0 Å². The third-order valence-electron chi connectivity index (χ3n) is 3.95. The number of methoxy groups -OCH3 is 1. The average molecular weight is 296 g/mol. The molecule has 2 heteroatoms. The van der Waals surface area contributed by atoms with E-state index in [1.807, 2.05) is 42.5 Å². The third-order valence-corrected chi connectivity index (χ3v) is 3.95. The molecule has 0 aliphatic carbocycles. The molecule has 0 heterocycles. The first-order valence-electron chi connectivity index (χ1n) is 7.64. The lowest BCUT2D eigenvalue weighted by atomic mass is 9.84. The fourth-order valence-electron chi connectivity index (χ4n) is 2.54. The molecule has 0 radical (unpaired) electrons. The van der Waals surface area contributed by atoms with Crippen molar-refractivity contribution in [2.45, 2.75) is 38.5 Å². The minimum Gasteiger partial charge on any atom is -0.469 e. The maximum atomic E-state index is 12.2. The molecule has 0 saturated heterocycles. The highest BCUT2D eigenvalue weighted by molar-refractivity contribution is 5.78. The van der Waals surface area contributed by atoms with Crippen molar-refractivity contribution in [1.82, 2.24) is 0 Å². The van der Waals surface area contributed by atoms with Gasteiger partial charge in [-0.05, 0) is 28.5 Å². The summed E-state index contributed by atoms with van der Waals surface area (Å²) in [7, 11) is 1.45. The Hall–Kier alpha value is -2.09. The van der Waals surface area contributed by atoms with E-state index in [1.54, 1.807) is 0 Å². The summed E-state index contributed by atoms with van der Waals surface area (Å²) in [4.78, 5) is 12.2. The van der Waals surface area contributed by atoms with Gasteiger partial charge in [-0.1, -0.05) is 75.4 Å². The van der Waals surface area contributed by atoms with Gasteiger partial charge in [-0.25, -0.2) is 0 Å². The van der Waals surface area contributed by atoms with Crippen LogP contribution in [0, 0.1) is 0 Å². The van der Waals surface area contributed by atoms with Crippen molar-refractivity contribution in [2.24, 2.45) is 0 Å². The Labute approximate surface area is 133 Å². The van der Waals surface area contributed by atoms with Gasteiger partial charge >= 0.3 is 5.97 Å². The van der Waals surface area contributed by atoms with Crippen molar-refractivity contribution in [3.05, 3.63) is 71.3 Å². The maximum Gasteiger partial charge on any atom is 0.313 e. The molecule has 0 fully saturated rings. The first kappa shape index (κ1) is 16.3. The molecule has 0 aliphatic heterocycles. The molecule has 0 N–H and O–H groups in total. The number of carbonyl (C=O) groups is 1. The molecule has 1 atom stereocenters. The van der Waals surface area contributed by atoms with Gasteiger partial charge in [0.05, 0.1) is 13.0 Å². The molecule has 0 aromatic heterocycles. The van der Waals surface area contributed by atoms with E-state index in [2.05, 4.69) is 32.9 Å². The second-order valence-corrected chi connectivity index (χ2v) is 6.64. The predicted molar refractivity (Wildman–Crippen MR) is 90.0 cm³/mol. The van der Waals surface area contributed by atoms with Crippen molar-refractivity contribution >= 4 is 5.97 Å². The summed E-state index contributed by atoms with van der Waals surface area (Å²) >= 11 is 0. The number of hydrogen-bond donors (Lipinski definition) is 0. The van der Waals surface area contributed by atoms with E-state index < -0.39 is 0 Å².